The minimum atomic E-state index is -0.566. The molecule has 0 radical (unpaired) electrons. The van der Waals surface area contributed by atoms with Crippen LogP contribution in [0.3, 0.4) is 0 Å². The Morgan fingerprint density at radius 1 is 1.15 bits per heavy atom. The standard InChI is InChI=1S/C19H16FN5O2/c1-27-19(26)12-7-14(20)9-15(8-12)25-6-3-16-13(11-25)10-23-18(24-16)17-21-4-2-5-22-17/h2,4-5,7-10H,3,6,11H2,1H3. The van der Waals surface area contributed by atoms with Crippen molar-refractivity contribution in [2.75, 3.05) is 18.6 Å². The van der Waals surface area contributed by atoms with Crippen LogP contribution in [0.4, 0.5) is 10.1 Å². The molecule has 0 saturated heterocycles. The van der Waals surface area contributed by atoms with Crippen LogP contribution < -0.4 is 4.90 Å². The topological polar surface area (TPSA) is 81.1 Å². The number of halogens is 1. The minimum absolute atomic E-state index is 0.186. The van der Waals surface area contributed by atoms with E-state index in [0.717, 1.165) is 11.3 Å². The predicted molar refractivity (Wildman–Crippen MR) is 95.6 cm³/mol. The predicted octanol–water partition coefficient (Wildman–Crippen LogP) is 2.42. The maximum absolute atomic E-state index is 13.9. The Bertz CT molecular complexity index is 997. The Labute approximate surface area is 154 Å². The number of esters is 1. The number of fused-ring (bicyclic) bond motifs is 1. The summed E-state index contributed by atoms with van der Waals surface area (Å²) in [6.45, 7) is 1.17. The smallest absolute Gasteiger partial charge is 0.338 e. The van der Waals surface area contributed by atoms with Crippen molar-refractivity contribution in [1.29, 1.82) is 0 Å². The number of rotatable bonds is 3. The summed E-state index contributed by atoms with van der Waals surface area (Å²) in [5, 5.41) is 0. The maximum atomic E-state index is 13.9. The van der Waals surface area contributed by atoms with Gasteiger partial charge >= 0.3 is 5.97 Å². The normalized spacial score (nSPS) is 13.2. The SMILES string of the molecule is COC(=O)c1cc(F)cc(N2CCc3nc(-c4ncccn4)ncc3C2)c1. The van der Waals surface area contributed by atoms with Gasteiger partial charge in [-0.2, -0.15) is 0 Å². The van der Waals surface area contributed by atoms with E-state index in [1.807, 2.05) is 4.90 Å². The van der Waals surface area contributed by atoms with Crippen molar-refractivity contribution in [2.45, 2.75) is 13.0 Å². The molecule has 0 spiro atoms. The van der Waals surface area contributed by atoms with E-state index in [-0.39, 0.29) is 5.56 Å². The molecule has 3 aromatic rings. The number of hydrogen-bond acceptors (Lipinski definition) is 7. The van der Waals surface area contributed by atoms with Crippen molar-refractivity contribution in [3.05, 3.63) is 65.5 Å². The summed E-state index contributed by atoms with van der Waals surface area (Å²) in [6.07, 6.45) is 5.72. The highest BCUT2D eigenvalue weighted by molar-refractivity contribution is 5.90. The van der Waals surface area contributed by atoms with E-state index in [0.29, 0.717) is 36.8 Å². The van der Waals surface area contributed by atoms with Crippen LogP contribution in [0.1, 0.15) is 21.6 Å². The molecule has 0 unspecified atom stereocenters. The first-order chi connectivity index (χ1) is 13.1. The Kier molecular flexibility index (Phi) is 4.45. The quantitative estimate of drug-likeness (QED) is 0.659. The average molecular weight is 365 g/mol. The van der Waals surface area contributed by atoms with Gasteiger partial charge in [-0.25, -0.2) is 29.1 Å². The second-order valence-electron chi connectivity index (χ2n) is 6.10. The van der Waals surface area contributed by atoms with Crippen LogP contribution in [-0.4, -0.2) is 39.6 Å². The zero-order chi connectivity index (χ0) is 18.8. The lowest BCUT2D eigenvalue weighted by atomic mass is 10.1. The van der Waals surface area contributed by atoms with Gasteiger partial charge in [0.05, 0.1) is 18.4 Å². The molecule has 0 saturated carbocycles. The van der Waals surface area contributed by atoms with Gasteiger partial charge in [-0.15, -0.1) is 0 Å². The first-order valence-corrected chi connectivity index (χ1v) is 8.40. The van der Waals surface area contributed by atoms with Gasteiger partial charge in [0.1, 0.15) is 5.82 Å². The Morgan fingerprint density at radius 2 is 1.96 bits per heavy atom. The fourth-order valence-corrected chi connectivity index (χ4v) is 3.05. The summed E-state index contributed by atoms with van der Waals surface area (Å²) in [4.78, 5) is 31.0. The molecule has 136 valence electrons. The van der Waals surface area contributed by atoms with E-state index in [1.165, 1.54) is 19.2 Å². The third-order valence-corrected chi connectivity index (χ3v) is 4.37. The van der Waals surface area contributed by atoms with Gasteiger partial charge < -0.3 is 9.64 Å². The Morgan fingerprint density at radius 3 is 2.74 bits per heavy atom. The molecule has 1 aliphatic heterocycles. The summed E-state index contributed by atoms with van der Waals surface area (Å²) in [5.74, 6) is -0.0763. The lowest BCUT2D eigenvalue weighted by Gasteiger charge is -2.30. The van der Waals surface area contributed by atoms with Crippen LogP contribution in [-0.2, 0) is 17.7 Å². The molecule has 0 N–H and O–H groups in total. The van der Waals surface area contributed by atoms with Crippen LogP contribution in [0.5, 0.6) is 0 Å². The highest BCUT2D eigenvalue weighted by atomic mass is 19.1. The van der Waals surface area contributed by atoms with Gasteiger partial charge in [0.15, 0.2) is 11.6 Å². The number of benzene rings is 1. The molecule has 8 heteroatoms. The number of aromatic nitrogens is 4. The fraction of sp³-hybridized carbons (Fsp3) is 0.211. The number of anilines is 1. The highest BCUT2D eigenvalue weighted by Gasteiger charge is 2.21. The second kappa shape index (κ2) is 7.06. The van der Waals surface area contributed by atoms with E-state index < -0.39 is 11.8 Å². The zero-order valence-corrected chi connectivity index (χ0v) is 14.6. The van der Waals surface area contributed by atoms with E-state index >= 15 is 0 Å². The number of ether oxygens (including phenoxy) is 1. The lowest BCUT2D eigenvalue weighted by molar-refractivity contribution is 0.0600. The number of carbonyl (C=O) groups excluding carboxylic acids is 1. The van der Waals surface area contributed by atoms with Crippen molar-refractivity contribution in [3.63, 3.8) is 0 Å². The van der Waals surface area contributed by atoms with Gasteiger partial charge in [-0.3, -0.25) is 0 Å². The van der Waals surface area contributed by atoms with E-state index in [4.69, 9.17) is 0 Å². The minimum Gasteiger partial charge on any atom is -0.465 e. The summed E-state index contributed by atoms with van der Waals surface area (Å²) < 4.78 is 18.6. The molecule has 0 aliphatic carbocycles. The van der Waals surface area contributed by atoms with E-state index in [2.05, 4.69) is 24.7 Å². The average Bonchev–Trinajstić information content (AvgIpc) is 2.72. The summed E-state index contributed by atoms with van der Waals surface area (Å²) in [5.41, 5.74) is 2.68. The number of methoxy groups -OCH3 is 1. The molecule has 1 aromatic carbocycles. The third kappa shape index (κ3) is 3.46. The highest BCUT2D eigenvalue weighted by Crippen LogP contribution is 2.26. The Hall–Kier alpha value is -3.42. The van der Waals surface area contributed by atoms with Crippen LogP contribution in [0.25, 0.3) is 11.6 Å². The maximum Gasteiger partial charge on any atom is 0.338 e. The molecular weight excluding hydrogens is 349 g/mol. The molecule has 2 aromatic heterocycles. The van der Waals surface area contributed by atoms with E-state index in [9.17, 15) is 9.18 Å². The third-order valence-electron chi connectivity index (χ3n) is 4.37. The molecular formula is C19H16FN5O2. The first-order valence-electron chi connectivity index (χ1n) is 8.40. The molecule has 7 nitrogen and oxygen atoms in total. The fourth-order valence-electron chi connectivity index (χ4n) is 3.05. The van der Waals surface area contributed by atoms with Gasteiger partial charge in [-0.05, 0) is 24.3 Å². The van der Waals surface area contributed by atoms with Gasteiger partial charge in [0, 0.05) is 49.4 Å². The summed E-state index contributed by atoms with van der Waals surface area (Å²) in [7, 11) is 1.27. The van der Waals surface area contributed by atoms with Gasteiger partial charge in [-0.1, -0.05) is 0 Å². The molecule has 0 amide bonds. The van der Waals surface area contributed by atoms with Crippen LogP contribution in [0.15, 0.2) is 42.9 Å². The van der Waals surface area contributed by atoms with Crippen LogP contribution in [0.2, 0.25) is 0 Å². The monoisotopic (exact) mass is 365 g/mol. The second-order valence-corrected chi connectivity index (χ2v) is 6.10. The molecule has 4 rings (SSSR count). The van der Waals surface area contributed by atoms with E-state index in [1.54, 1.807) is 30.7 Å². The summed E-state index contributed by atoms with van der Waals surface area (Å²) >= 11 is 0. The summed E-state index contributed by atoms with van der Waals surface area (Å²) in [6, 6.07) is 5.95. The van der Waals surface area contributed by atoms with Crippen molar-refractivity contribution in [1.82, 2.24) is 19.9 Å². The number of carbonyl (C=O) groups is 1. The van der Waals surface area contributed by atoms with Crippen molar-refractivity contribution >= 4 is 11.7 Å². The molecule has 0 bridgehead atoms. The zero-order valence-electron chi connectivity index (χ0n) is 14.6. The number of hydrogen-bond donors (Lipinski definition) is 0. The largest absolute Gasteiger partial charge is 0.465 e. The molecule has 3 heterocycles. The molecule has 0 fully saturated rings. The van der Waals surface area contributed by atoms with Gasteiger partial charge in [0.25, 0.3) is 0 Å². The van der Waals surface area contributed by atoms with Crippen molar-refractivity contribution in [2.24, 2.45) is 0 Å². The van der Waals surface area contributed by atoms with Crippen molar-refractivity contribution < 1.29 is 13.9 Å². The van der Waals surface area contributed by atoms with Crippen LogP contribution >= 0.6 is 0 Å². The first kappa shape index (κ1) is 17.0. The number of nitrogens with zero attached hydrogens (tertiary/aromatic N) is 5. The van der Waals surface area contributed by atoms with Crippen LogP contribution in [0, 0.1) is 5.82 Å². The Balaban J connectivity index is 1.61. The molecule has 1 aliphatic rings. The lowest BCUT2D eigenvalue weighted by Crippen LogP contribution is -2.31. The molecule has 27 heavy (non-hydrogen) atoms. The van der Waals surface area contributed by atoms with Gasteiger partial charge in [0.2, 0.25) is 0 Å². The van der Waals surface area contributed by atoms with Crippen molar-refractivity contribution in [3.8, 4) is 11.6 Å². The molecule has 0 atom stereocenters.